The highest BCUT2D eigenvalue weighted by atomic mass is 35.5. The van der Waals surface area contributed by atoms with Crippen LogP contribution in [0, 0.1) is 0 Å². The van der Waals surface area contributed by atoms with E-state index in [2.05, 4.69) is 4.98 Å². The number of rotatable bonds is 1. The molecule has 2 aromatic carbocycles. The van der Waals surface area contributed by atoms with Crippen molar-refractivity contribution < 1.29 is 5.11 Å². The van der Waals surface area contributed by atoms with Crippen LogP contribution in [0.5, 0.6) is 5.75 Å². The lowest BCUT2D eigenvalue weighted by atomic mass is 10.0. The Hall–Kier alpha value is -2.06. The lowest BCUT2D eigenvalue weighted by molar-refractivity contribution is 0.475. The number of halogens is 1. The minimum atomic E-state index is 0.0961. The maximum absolute atomic E-state index is 9.46. The van der Waals surface area contributed by atoms with E-state index in [0.717, 1.165) is 22.0 Å². The van der Waals surface area contributed by atoms with E-state index in [9.17, 15) is 5.11 Å². The van der Waals surface area contributed by atoms with Crippen LogP contribution in [0.15, 0.2) is 54.7 Å². The fourth-order valence-electron chi connectivity index (χ4n) is 2.03. The number of phenols is 1. The third-order valence-electron chi connectivity index (χ3n) is 2.90. The van der Waals surface area contributed by atoms with Crippen LogP contribution in [0.1, 0.15) is 0 Å². The van der Waals surface area contributed by atoms with Crippen molar-refractivity contribution in [2.75, 3.05) is 0 Å². The van der Waals surface area contributed by atoms with E-state index >= 15 is 0 Å². The van der Waals surface area contributed by atoms with E-state index in [4.69, 9.17) is 11.6 Å². The van der Waals surface area contributed by atoms with Crippen LogP contribution in [0.4, 0.5) is 0 Å². The van der Waals surface area contributed by atoms with Gasteiger partial charge in [0.1, 0.15) is 5.75 Å². The predicted molar refractivity (Wildman–Crippen MR) is 73.9 cm³/mol. The number of pyridine rings is 1. The topological polar surface area (TPSA) is 33.1 Å². The van der Waals surface area contributed by atoms with E-state index < -0.39 is 0 Å². The summed E-state index contributed by atoms with van der Waals surface area (Å²) in [6.07, 6.45) is 1.77. The van der Waals surface area contributed by atoms with Crippen LogP contribution >= 0.6 is 11.6 Å². The summed E-state index contributed by atoms with van der Waals surface area (Å²) in [7, 11) is 0. The molecular formula is C15H10ClNO. The molecule has 0 bridgehead atoms. The normalized spacial score (nSPS) is 10.7. The maximum atomic E-state index is 9.46. The lowest BCUT2D eigenvalue weighted by Crippen LogP contribution is -1.83. The van der Waals surface area contributed by atoms with Crippen molar-refractivity contribution in [1.29, 1.82) is 0 Å². The Morgan fingerprint density at radius 2 is 1.89 bits per heavy atom. The minimum Gasteiger partial charge on any atom is -0.506 e. The van der Waals surface area contributed by atoms with Crippen LogP contribution < -0.4 is 0 Å². The van der Waals surface area contributed by atoms with Gasteiger partial charge in [-0.1, -0.05) is 35.9 Å². The average molecular weight is 256 g/mol. The quantitative estimate of drug-likeness (QED) is 0.705. The summed E-state index contributed by atoms with van der Waals surface area (Å²) in [5.41, 5.74) is 2.97. The van der Waals surface area contributed by atoms with Gasteiger partial charge in [0.2, 0.25) is 0 Å². The van der Waals surface area contributed by atoms with Gasteiger partial charge in [-0.15, -0.1) is 0 Å². The van der Waals surface area contributed by atoms with Gasteiger partial charge in [0, 0.05) is 11.6 Å². The standard InChI is InChI=1S/C15H10ClNO/c16-13-9-10(6-7-15(13)18)11-3-1-5-14-12(11)4-2-8-17-14/h1-9,18H. The zero-order chi connectivity index (χ0) is 12.5. The van der Waals surface area contributed by atoms with Crippen molar-refractivity contribution in [3.8, 4) is 16.9 Å². The molecule has 0 atom stereocenters. The number of phenolic OH excluding ortho intramolecular Hbond substituents is 1. The molecule has 0 unspecified atom stereocenters. The highest BCUT2D eigenvalue weighted by Gasteiger charge is 2.06. The molecule has 0 saturated heterocycles. The fraction of sp³-hybridized carbons (Fsp3) is 0. The number of hydrogen-bond donors (Lipinski definition) is 1. The van der Waals surface area contributed by atoms with Gasteiger partial charge < -0.3 is 5.11 Å². The van der Waals surface area contributed by atoms with Gasteiger partial charge in [0.15, 0.2) is 0 Å². The first-order chi connectivity index (χ1) is 8.75. The maximum Gasteiger partial charge on any atom is 0.134 e. The number of aromatic nitrogens is 1. The molecule has 0 spiro atoms. The van der Waals surface area contributed by atoms with Crippen LogP contribution in [0.25, 0.3) is 22.0 Å². The van der Waals surface area contributed by atoms with Gasteiger partial charge in [-0.05, 0) is 35.4 Å². The molecule has 0 aliphatic rings. The third kappa shape index (κ3) is 1.81. The van der Waals surface area contributed by atoms with Crippen molar-refractivity contribution in [2.45, 2.75) is 0 Å². The van der Waals surface area contributed by atoms with Crippen molar-refractivity contribution in [1.82, 2.24) is 4.98 Å². The number of benzene rings is 2. The van der Waals surface area contributed by atoms with Gasteiger partial charge in [0.05, 0.1) is 10.5 Å². The fourth-order valence-corrected chi connectivity index (χ4v) is 2.21. The minimum absolute atomic E-state index is 0.0961. The Morgan fingerprint density at radius 3 is 2.72 bits per heavy atom. The lowest BCUT2D eigenvalue weighted by Gasteiger charge is -2.07. The number of fused-ring (bicyclic) bond motifs is 1. The molecule has 3 heteroatoms. The first-order valence-electron chi connectivity index (χ1n) is 5.58. The van der Waals surface area contributed by atoms with Crippen molar-refractivity contribution in [3.63, 3.8) is 0 Å². The Balaban J connectivity index is 2.28. The Labute approximate surface area is 109 Å². The molecule has 3 aromatic rings. The summed E-state index contributed by atoms with van der Waals surface area (Å²) >= 11 is 5.95. The van der Waals surface area contributed by atoms with Crippen molar-refractivity contribution >= 4 is 22.5 Å². The zero-order valence-corrected chi connectivity index (χ0v) is 10.2. The Kier molecular flexibility index (Phi) is 2.65. The second-order valence-corrected chi connectivity index (χ2v) is 4.45. The van der Waals surface area contributed by atoms with E-state index in [1.807, 2.05) is 36.4 Å². The van der Waals surface area contributed by atoms with Gasteiger partial charge in [-0.25, -0.2) is 0 Å². The molecule has 2 nitrogen and oxygen atoms in total. The molecule has 88 valence electrons. The summed E-state index contributed by atoms with van der Waals surface area (Å²) in [4.78, 5) is 4.32. The molecular weight excluding hydrogens is 246 g/mol. The first kappa shape index (κ1) is 11.1. The molecule has 1 heterocycles. The molecule has 0 amide bonds. The molecule has 0 aliphatic heterocycles. The highest BCUT2D eigenvalue weighted by molar-refractivity contribution is 6.32. The van der Waals surface area contributed by atoms with Crippen molar-refractivity contribution in [2.24, 2.45) is 0 Å². The van der Waals surface area contributed by atoms with Gasteiger partial charge >= 0.3 is 0 Å². The van der Waals surface area contributed by atoms with E-state index in [-0.39, 0.29) is 5.75 Å². The van der Waals surface area contributed by atoms with E-state index in [1.165, 1.54) is 0 Å². The predicted octanol–water partition coefficient (Wildman–Crippen LogP) is 4.26. The van der Waals surface area contributed by atoms with E-state index in [1.54, 1.807) is 18.3 Å². The number of nitrogens with zero attached hydrogens (tertiary/aromatic N) is 1. The molecule has 3 rings (SSSR count). The van der Waals surface area contributed by atoms with Crippen molar-refractivity contribution in [3.05, 3.63) is 59.8 Å². The Morgan fingerprint density at radius 1 is 1.00 bits per heavy atom. The monoisotopic (exact) mass is 255 g/mol. The van der Waals surface area contributed by atoms with Crippen LogP contribution in [0.2, 0.25) is 5.02 Å². The number of aromatic hydroxyl groups is 1. The molecule has 0 fully saturated rings. The van der Waals surface area contributed by atoms with Gasteiger partial charge in [0.25, 0.3) is 0 Å². The molecule has 18 heavy (non-hydrogen) atoms. The molecule has 0 aliphatic carbocycles. The smallest absolute Gasteiger partial charge is 0.134 e. The van der Waals surface area contributed by atoms with E-state index in [0.29, 0.717) is 5.02 Å². The summed E-state index contributed by atoms with van der Waals surface area (Å²) in [5, 5.41) is 10.9. The average Bonchev–Trinajstić information content (AvgIpc) is 2.41. The summed E-state index contributed by atoms with van der Waals surface area (Å²) in [6.45, 7) is 0. The zero-order valence-electron chi connectivity index (χ0n) is 9.47. The molecule has 0 radical (unpaired) electrons. The Bertz CT molecular complexity index is 719. The summed E-state index contributed by atoms with van der Waals surface area (Å²) in [5.74, 6) is 0.0961. The third-order valence-corrected chi connectivity index (χ3v) is 3.21. The SMILES string of the molecule is Oc1ccc(-c2cccc3ncccc23)cc1Cl. The van der Waals surface area contributed by atoms with Crippen LogP contribution in [0.3, 0.4) is 0 Å². The van der Waals surface area contributed by atoms with Gasteiger partial charge in [-0.2, -0.15) is 0 Å². The second-order valence-electron chi connectivity index (χ2n) is 4.04. The molecule has 1 N–H and O–H groups in total. The van der Waals surface area contributed by atoms with Gasteiger partial charge in [-0.3, -0.25) is 4.98 Å². The largest absolute Gasteiger partial charge is 0.506 e. The molecule has 1 aromatic heterocycles. The number of hydrogen-bond acceptors (Lipinski definition) is 2. The summed E-state index contributed by atoms with van der Waals surface area (Å²) in [6, 6.07) is 15.1. The second kappa shape index (κ2) is 4.31. The first-order valence-corrected chi connectivity index (χ1v) is 5.96. The van der Waals surface area contributed by atoms with Crippen LogP contribution in [-0.4, -0.2) is 10.1 Å². The summed E-state index contributed by atoms with van der Waals surface area (Å²) < 4.78 is 0. The molecule has 0 saturated carbocycles. The van der Waals surface area contributed by atoms with Crippen LogP contribution in [-0.2, 0) is 0 Å². The highest BCUT2D eigenvalue weighted by Crippen LogP contribution is 2.32.